The lowest BCUT2D eigenvalue weighted by atomic mass is 10.3. The Morgan fingerprint density at radius 3 is 2.70 bits per heavy atom. The molecule has 1 N–H and O–H groups in total. The summed E-state index contributed by atoms with van der Waals surface area (Å²) in [4.78, 5) is 12.9. The molecule has 0 radical (unpaired) electrons. The summed E-state index contributed by atoms with van der Waals surface area (Å²) in [5, 5.41) is 12.9. The first-order valence-corrected chi connectivity index (χ1v) is 8.01. The van der Waals surface area contributed by atoms with Crippen LogP contribution in [0.1, 0.15) is 16.1 Å². The summed E-state index contributed by atoms with van der Waals surface area (Å²) in [5.74, 6) is 0. The number of hydrogen-bond acceptors (Lipinski definition) is 5. The second kappa shape index (κ2) is 4.32. The van der Waals surface area contributed by atoms with E-state index >= 15 is 0 Å². The van der Waals surface area contributed by atoms with Crippen LogP contribution in [0, 0.1) is 6.92 Å². The van der Waals surface area contributed by atoms with Crippen LogP contribution in [-0.4, -0.2) is 33.7 Å². The van der Waals surface area contributed by atoms with Crippen molar-refractivity contribution in [3.63, 3.8) is 0 Å². The first kappa shape index (κ1) is 13.1. The van der Waals surface area contributed by atoms with Gasteiger partial charge in [-0.1, -0.05) is 0 Å². The van der Waals surface area contributed by atoms with Gasteiger partial charge in [-0.25, -0.2) is 4.79 Å². The van der Waals surface area contributed by atoms with E-state index in [1.807, 2.05) is 6.92 Å². The number of rotatable bonds is 2. The normalized spacial score (nSPS) is 14.6. The van der Waals surface area contributed by atoms with Crippen molar-refractivity contribution in [3.05, 3.63) is 34.5 Å². The van der Waals surface area contributed by atoms with Gasteiger partial charge in [0.1, 0.15) is 4.21 Å². The highest BCUT2D eigenvalue weighted by Gasteiger charge is 2.29. The van der Waals surface area contributed by atoms with Gasteiger partial charge in [-0.05, 0) is 19.1 Å². The molecule has 9 heteroatoms. The summed E-state index contributed by atoms with van der Waals surface area (Å²) in [7, 11) is -3.68. The number of aromatic nitrogens is 2. The number of aryl methyl sites for hydroxylation is 1. The Balaban J connectivity index is 1.95. The van der Waals surface area contributed by atoms with Gasteiger partial charge in [0.05, 0.1) is 18.8 Å². The van der Waals surface area contributed by atoms with E-state index in [0.717, 1.165) is 8.96 Å². The van der Waals surface area contributed by atoms with E-state index in [1.54, 1.807) is 12.1 Å². The zero-order valence-corrected chi connectivity index (χ0v) is 12.1. The van der Waals surface area contributed by atoms with E-state index in [1.165, 1.54) is 22.4 Å². The van der Waals surface area contributed by atoms with Crippen molar-refractivity contribution >= 4 is 27.5 Å². The van der Waals surface area contributed by atoms with Crippen molar-refractivity contribution in [1.29, 1.82) is 0 Å². The lowest BCUT2D eigenvalue weighted by Crippen LogP contribution is -2.24. The molecule has 1 aliphatic heterocycles. The Kier molecular flexibility index (Phi) is 2.83. The zero-order valence-electron chi connectivity index (χ0n) is 10.5. The molecule has 0 spiro atoms. The van der Waals surface area contributed by atoms with Crippen molar-refractivity contribution in [1.82, 2.24) is 14.1 Å². The van der Waals surface area contributed by atoms with Gasteiger partial charge in [0, 0.05) is 16.6 Å². The fourth-order valence-corrected chi connectivity index (χ4v) is 4.56. The van der Waals surface area contributed by atoms with Crippen LogP contribution in [0.2, 0.25) is 0 Å². The molecule has 2 aromatic heterocycles. The minimum Gasteiger partial charge on any atom is -0.465 e. The van der Waals surface area contributed by atoms with E-state index in [9.17, 15) is 13.2 Å². The smallest absolute Gasteiger partial charge is 0.407 e. The predicted octanol–water partition coefficient (Wildman–Crippen LogP) is 1.48. The van der Waals surface area contributed by atoms with Crippen LogP contribution in [0.15, 0.2) is 22.5 Å². The van der Waals surface area contributed by atoms with E-state index in [4.69, 9.17) is 5.11 Å². The quantitative estimate of drug-likeness (QED) is 0.906. The first-order chi connectivity index (χ1) is 9.38. The fraction of sp³-hybridized carbons (Fsp3) is 0.273. The number of amides is 1. The van der Waals surface area contributed by atoms with Crippen molar-refractivity contribution in [3.8, 4) is 0 Å². The minimum atomic E-state index is -3.68. The van der Waals surface area contributed by atoms with Gasteiger partial charge >= 0.3 is 6.09 Å². The van der Waals surface area contributed by atoms with Crippen LogP contribution in [-0.2, 0) is 23.1 Å². The highest BCUT2D eigenvalue weighted by Crippen LogP contribution is 2.26. The fourth-order valence-electron chi connectivity index (χ4n) is 2.03. The average molecular weight is 313 g/mol. The highest BCUT2D eigenvalue weighted by atomic mass is 32.2. The lowest BCUT2D eigenvalue weighted by molar-refractivity contribution is 0.144. The third kappa shape index (κ3) is 1.98. The second-order valence-electron chi connectivity index (χ2n) is 4.48. The molecule has 0 aliphatic carbocycles. The molecule has 0 saturated heterocycles. The predicted molar refractivity (Wildman–Crippen MR) is 71.1 cm³/mol. The third-order valence-corrected chi connectivity index (χ3v) is 6.05. The minimum absolute atomic E-state index is 0.122. The number of hydrogen-bond donors (Lipinski definition) is 1. The summed E-state index contributed by atoms with van der Waals surface area (Å²) in [6.45, 7) is 2.12. The molecule has 1 aliphatic rings. The molecule has 3 heterocycles. The van der Waals surface area contributed by atoms with Crippen molar-refractivity contribution in [2.75, 3.05) is 0 Å². The maximum absolute atomic E-state index is 12.3. The molecule has 3 rings (SSSR count). The Bertz CT molecular complexity index is 767. The Morgan fingerprint density at radius 2 is 2.15 bits per heavy atom. The Morgan fingerprint density at radius 1 is 1.40 bits per heavy atom. The highest BCUT2D eigenvalue weighted by molar-refractivity contribution is 7.91. The average Bonchev–Trinajstić information content (AvgIpc) is 3.00. The van der Waals surface area contributed by atoms with Gasteiger partial charge in [-0.3, -0.25) is 4.90 Å². The van der Waals surface area contributed by atoms with E-state index in [2.05, 4.69) is 5.10 Å². The van der Waals surface area contributed by atoms with E-state index in [-0.39, 0.29) is 17.3 Å². The number of thiophene rings is 1. The molecule has 0 bridgehead atoms. The van der Waals surface area contributed by atoms with Gasteiger partial charge in [0.2, 0.25) is 0 Å². The number of carboxylic acid groups (broad SMARTS) is 1. The molecule has 0 fully saturated rings. The summed E-state index contributed by atoms with van der Waals surface area (Å²) >= 11 is 1.18. The molecule has 106 valence electrons. The number of fused-ring (bicyclic) bond motifs is 1. The zero-order chi connectivity index (χ0) is 14.5. The molecule has 20 heavy (non-hydrogen) atoms. The Labute approximate surface area is 119 Å². The summed E-state index contributed by atoms with van der Waals surface area (Å²) < 4.78 is 25.9. The summed E-state index contributed by atoms with van der Waals surface area (Å²) in [6.07, 6.45) is 0.356. The summed E-state index contributed by atoms with van der Waals surface area (Å²) in [5.41, 5.74) is 1.12. The SMILES string of the molecule is Cc1ccc(S(=O)(=O)n2cc3c(n2)CN(C(=O)O)C3)s1. The van der Waals surface area contributed by atoms with Crippen LogP contribution in [0.4, 0.5) is 4.79 Å². The molecule has 0 unspecified atom stereocenters. The van der Waals surface area contributed by atoms with Gasteiger partial charge in [0.25, 0.3) is 10.0 Å². The Hall–Kier alpha value is -1.87. The standard InChI is InChI=1S/C11H11N3O4S2/c1-7-2-3-10(19-7)20(17,18)14-5-8-4-13(11(15)16)6-9(8)12-14/h2-3,5H,4,6H2,1H3,(H,15,16). The van der Waals surface area contributed by atoms with E-state index < -0.39 is 16.1 Å². The topological polar surface area (TPSA) is 92.5 Å². The maximum Gasteiger partial charge on any atom is 0.407 e. The first-order valence-electron chi connectivity index (χ1n) is 5.75. The molecule has 2 aromatic rings. The monoisotopic (exact) mass is 313 g/mol. The van der Waals surface area contributed by atoms with Crippen LogP contribution in [0.5, 0.6) is 0 Å². The van der Waals surface area contributed by atoms with Crippen LogP contribution in [0.25, 0.3) is 0 Å². The molecule has 1 amide bonds. The van der Waals surface area contributed by atoms with Crippen molar-refractivity contribution in [2.24, 2.45) is 0 Å². The van der Waals surface area contributed by atoms with Crippen LogP contribution < -0.4 is 0 Å². The van der Waals surface area contributed by atoms with Gasteiger partial charge < -0.3 is 5.11 Å². The van der Waals surface area contributed by atoms with Crippen molar-refractivity contribution in [2.45, 2.75) is 24.2 Å². The molecular formula is C11H11N3O4S2. The summed E-state index contributed by atoms with van der Waals surface area (Å²) in [6, 6.07) is 3.28. The molecule has 7 nitrogen and oxygen atoms in total. The van der Waals surface area contributed by atoms with E-state index in [0.29, 0.717) is 11.3 Å². The van der Waals surface area contributed by atoms with Gasteiger partial charge in [-0.2, -0.15) is 17.6 Å². The second-order valence-corrected chi connectivity index (χ2v) is 7.79. The molecule has 0 atom stereocenters. The molecular weight excluding hydrogens is 302 g/mol. The van der Waals surface area contributed by atoms with Gasteiger partial charge in [-0.15, -0.1) is 11.3 Å². The number of nitrogens with zero attached hydrogens (tertiary/aromatic N) is 3. The van der Waals surface area contributed by atoms with Crippen molar-refractivity contribution < 1.29 is 18.3 Å². The lowest BCUT2D eigenvalue weighted by Gasteiger charge is -2.10. The molecule has 0 aromatic carbocycles. The van der Waals surface area contributed by atoms with Gasteiger partial charge in [0.15, 0.2) is 0 Å². The largest absolute Gasteiger partial charge is 0.465 e. The molecule has 0 saturated carbocycles. The third-order valence-electron chi connectivity index (χ3n) is 3.04. The van der Waals surface area contributed by atoms with Crippen LogP contribution >= 0.6 is 11.3 Å². The number of carbonyl (C=O) groups is 1. The maximum atomic E-state index is 12.3. The van der Waals surface area contributed by atoms with Crippen LogP contribution in [0.3, 0.4) is 0 Å².